The van der Waals surface area contributed by atoms with Gasteiger partial charge in [-0.3, -0.25) is 9.59 Å². The minimum absolute atomic E-state index is 0.171. The van der Waals surface area contributed by atoms with Gasteiger partial charge in [-0.2, -0.15) is 0 Å². The first-order valence-corrected chi connectivity index (χ1v) is 8.06. The van der Waals surface area contributed by atoms with E-state index in [1.807, 2.05) is 35.2 Å². The zero-order valence-corrected chi connectivity index (χ0v) is 12.9. The SMILES string of the molecule is CCC1CCC(=O)N(CCCC(=O)c2ccccc2)CC1. The van der Waals surface area contributed by atoms with E-state index >= 15 is 0 Å². The third-order valence-corrected chi connectivity index (χ3v) is 4.43. The van der Waals surface area contributed by atoms with Crippen LogP contribution < -0.4 is 0 Å². The Balaban J connectivity index is 1.77. The molecular formula is C18H25NO2. The lowest BCUT2D eigenvalue weighted by Gasteiger charge is -2.20. The molecule has 1 aliphatic rings. The molecule has 1 saturated heterocycles. The zero-order valence-electron chi connectivity index (χ0n) is 12.9. The Morgan fingerprint density at radius 2 is 2.00 bits per heavy atom. The first-order valence-electron chi connectivity index (χ1n) is 8.06. The number of ketones is 1. The number of hydrogen-bond donors (Lipinski definition) is 0. The second-order valence-electron chi connectivity index (χ2n) is 5.88. The van der Waals surface area contributed by atoms with Crippen molar-refractivity contribution in [2.45, 2.75) is 45.4 Å². The average Bonchev–Trinajstić information content (AvgIpc) is 2.70. The Bertz CT molecular complexity index is 469. The van der Waals surface area contributed by atoms with Gasteiger partial charge in [0.25, 0.3) is 0 Å². The van der Waals surface area contributed by atoms with Gasteiger partial charge in [0.2, 0.25) is 5.91 Å². The third kappa shape index (κ3) is 4.69. The maximum Gasteiger partial charge on any atom is 0.222 e. The van der Waals surface area contributed by atoms with E-state index in [0.717, 1.165) is 37.8 Å². The van der Waals surface area contributed by atoms with Gasteiger partial charge >= 0.3 is 0 Å². The van der Waals surface area contributed by atoms with Gasteiger partial charge in [0.1, 0.15) is 0 Å². The van der Waals surface area contributed by atoms with E-state index in [1.54, 1.807) is 0 Å². The molecule has 2 rings (SSSR count). The third-order valence-electron chi connectivity index (χ3n) is 4.43. The Morgan fingerprint density at radius 1 is 1.24 bits per heavy atom. The molecule has 1 aromatic rings. The van der Waals surface area contributed by atoms with Crippen molar-refractivity contribution in [2.75, 3.05) is 13.1 Å². The number of carbonyl (C=O) groups is 2. The van der Waals surface area contributed by atoms with E-state index < -0.39 is 0 Å². The fraction of sp³-hybridized carbons (Fsp3) is 0.556. The molecule has 1 unspecified atom stereocenters. The predicted molar refractivity (Wildman–Crippen MR) is 84.2 cm³/mol. The number of amides is 1. The average molecular weight is 287 g/mol. The maximum atomic E-state index is 12.1. The maximum absolute atomic E-state index is 12.1. The smallest absolute Gasteiger partial charge is 0.222 e. The van der Waals surface area contributed by atoms with Crippen LogP contribution >= 0.6 is 0 Å². The lowest BCUT2D eigenvalue weighted by Crippen LogP contribution is -2.31. The summed E-state index contributed by atoms with van der Waals surface area (Å²) in [6, 6.07) is 9.39. The normalized spacial score (nSPS) is 19.4. The summed E-state index contributed by atoms with van der Waals surface area (Å²) in [6.45, 7) is 3.77. The second-order valence-corrected chi connectivity index (χ2v) is 5.88. The number of nitrogens with zero attached hydrogens (tertiary/aromatic N) is 1. The molecule has 0 bridgehead atoms. The van der Waals surface area contributed by atoms with Gasteiger partial charge < -0.3 is 4.90 Å². The van der Waals surface area contributed by atoms with Crippen molar-refractivity contribution in [3.05, 3.63) is 35.9 Å². The summed E-state index contributed by atoms with van der Waals surface area (Å²) in [6.07, 6.45) is 5.24. The largest absolute Gasteiger partial charge is 0.343 e. The molecule has 0 radical (unpaired) electrons. The van der Waals surface area contributed by atoms with Crippen LogP contribution in [0, 0.1) is 5.92 Å². The molecule has 1 aliphatic heterocycles. The van der Waals surface area contributed by atoms with Crippen LogP contribution in [0.4, 0.5) is 0 Å². The van der Waals surface area contributed by atoms with Crippen LogP contribution in [0.5, 0.6) is 0 Å². The van der Waals surface area contributed by atoms with Crippen molar-refractivity contribution >= 4 is 11.7 Å². The monoisotopic (exact) mass is 287 g/mol. The van der Waals surface area contributed by atoms with Crippen LogP contribution in [0.3, 0.4) is 0 Å². The highest BCUT2D eigenvalue weighted by Crippen LogP contribution is 2.21. The van der Waals surface area contributed by atoms with Crippen LogP contribution in [-0.4, -0.2) is 29.7 Å². The number of likely N-dealkylation sites (tertiary alicyclic amines) is 1. The topological polar surface area (TPSA) is 37.4 Å². The van der Waals surface area contributed by atoms with Gasteiger partial charge in [0.15, 0.2) is 5.78 Å². The highest BCUT2D eigenvalue weighted by molar-refractivity contribution is 5.95. The summed E-state index contributed by atoms with van der Waals surface area (Å²) in [5.74, 6) is 1.12. The fourth-order valence-corrected chi connectivity index (χ4v) is 2.94. The predicted octanol–water partition coefficient (Wildman–Crippen LogP) is 3.69. The number of carbonyl (C=O) groups excluding carboxylic acids is 2. The molecule has 0 aromatic heterocycles. The van der Waals surface area contributed by atoms with Crippen LogP contribution in [0.1, 0.15) is 55.8 Å². The van der Waals surface area contributed by atoms with E-state index in [9.17, 15) is 9.59 Å². The molecule has 1 fully saturated rings. The lowest BCUT2D eigenvalue weighted by atomic mass is 9.98. The van der Waals surface area contributed by atoms with Crippen molar-refractivity contribution in [2.24, 2.45) is 5.92 Å². The Hall–Kier alpha value is -1.64. The van der Waals surface area contributed by atoms with Gasteiger partial charge in [0.05, 0.1) is 0 Å². The second kappa shape index (κ2) is 7.96. The Morgan fingerprint density at radius 3 is 2.71 bits per heavy atom. The molecule has 1 amide bonds. The summed E-state index contributed by atoms with van der Waals surface area (Å²) in [5.41, 5.74) is 0.769. The van der Waals surface area contributed by atoms with Crippen molar-refractivity contribution < 1.29 is 9.59 Å². The zero-order chi connectivity index (χ0) is 15.1. The van der Waals surface area contributed by atoms with Gasteiger partial charge in [-0.1, -0.05) is 43.7 Å². The van der Waals surface area contributed by atoms with Gasteiger partial charge in [-0.25, -0.2) is 0 Å². The molecule has 0 N–H and O–H groups in total. The van der Waals surface area contributed by atoms with E-state index in [4.69, 9.17) is 0 Å². The highest BCUT2D eigenvalue weighted by atomic mass is 16.2. The van der Waals surface area contributed by atoms with Crippen molar-refractivity contribution in [1.29, 1.82) is 0 Å². The van der Waals surface area contributed by atoms with Crippen LogP contribution in [0.25, 0.3) is 0 Å². The number of benzene rings is 1. The molecule has 1 atom stereocenters. The van der Waals surface area contributed by atoms with Gasteiger partial charge in [0, 0.05) is 31.5 Å². The summed E-state index contributed by atoms with van der Waals surface area (Å²) in [5, 5.41) is 0. The van der Waals surface area contributed by atoms with Crippen LogP contribution in [-0.2, 0) is 4.79 Å². The summed E-state index contributed by atoms with van der Waals surface area (Å²) < 4.78 is 0. The summed E-state index contributed by atoms with van der Waals surface area (Å²) >= 11 is 0. The molecular weight excluding hydrogens is 262 g/mol. The highest BCUT2D eigenvalue weighted by Gasteiger charge is 2.21. The van der Waals surface area contributed by atoms with Crippen molar-refractivity contribution in [3.63, 3.8) is 0 Å². The molecule has 21 heavy (non-hydrogen) atoms. The number of Topliss-reactive ketones (excluding diaryl/α,β-unsaturated/α-hetero) is 1. The number of hydrogen-bond acceptors (Lipinski definition) is 2. The Kier molecular flexibility index (Phi) is 5.97. The first-order chi connectivity index (χ1) is 10.2. The van der Waals surface area contributed by atoms with E-state index in [1.165, 1.54) is 0 Å². The molecule has 3 nitrogen and oxygen atoms in total. The molecule has 114 valence electrons. The van der Waals surface area contributed by atoms with E-state index in [-0.39, 0.29) is 11.7 Å². The fourth-order valence-electron chi connectivity index (χ4n) is 2.94. The molecule has 0 saturated carbocycles. The number of rotatable bonds is 6. The standard InChI is InChI=1S/C18H25NO2/c1-2-15-10-11-18(21)19(14-12-15)13-6-9-17(20)16-7-4-3-5-8-16/h3-5,7-8,15H,2,6,9-14H2,1H3. The molecule has 1 aromatic carbocycles. The summed E-state index contributed by atoms with van der Waals surface area (Å²) in [7, 11) is 0. The van der Waals surface area contributed by atoms with E-state index in [0.29, 0.717) is 25.3 Å². The lowest BCUT2D eigenvalue weighted by molar-refractivity contribution is -0.130. The minimum Gasteiger partial charge on any atom is -0.343 e. The Labute approximate surface area is 127 Å². The van der Waals surface area contributed by atoms with Crippen molar-refractivity contribution in [3.8, 4) is 0 Å². The van der Waals surface area contributed by atoms with Gasteiger partial charge in [-0.05, 0) is 25.2 Å². The van der Waals surface area contributed by atoms with Gasteiger partial charge in [-0.15, -0.1) is 0 Å². The molecule has 3 heteroatoms. The molecule has 0 spiro atoms. The van der Waals surface area contributed by atoms with E-state index in [2.05, 4.69) is 6.92 Å². The van der Waals surface area contributed by atoms with Crippen LogP contribution in [0.2, 0.25) is 0 Å². The molecule has 1 heterocycles. The summed E-state index contributed by atoms with van der Waals surface area (Å²) in [4.78, 5) is 26.0. The first kappa shape index (κ1) is 15.7. The quantitative estimate of drug-likeness (QED) is 0.748. The van der Waals surface area contributed by atoms with Crippen LogP contribution in [0.15, 0.2) is 30.3 Å². The minimum atomic E-state index is 0.171. The molecule has 0 aliphatic carbocycles. The van der Waals surface area contributed by atoms with Crippen molar-refractivity contribution in [1.82, 2.24) is 4.90 Å².